The molecule has 0 aromatic heterocycles. The molecule has 4 N–H and O–H groups in total. The molecule has 1 aliphatic rings. The summed E-state index contributed by atoms with van der Waals surface area (Å²) in [5.41, 5.74) is 4.06. The van der Waals surface area contributed by atoms with Gasteiger partial charge in [0.25, 0.3) is 5.91 Å². The molecule has 6 nitrogen and oxygen atoms in total. The zero-order chi connectivity index (χ0) is 22.4. The van der Waals surface area contributed by atoms with Crippen molar-refractivity contribution in [2.24, 2.45) is 0 Å². The number of hydrogen-bond acceptors (Lipinski definition) is 5. The first-order chi connectivity index (χ1) is 14.9. The van der Waals surface area contributed by atoms with E-state index in [0.29, 0.717) is 25.0 Å². The predicted molar refractivity (Wildman–Crippen MR) is 119 cm³/mol. The smallest absolute Gasteiger partial charge is 0.254 e. The molecule has 0 spiro atoms. The third-order valence-electron chi connectivity index (χ3n) is 5.61. The number of rotatable bonds is 7. The summed E-state index contributed by atoms with van der Waals surface area (Å²) in [6.07, 6.45) is 4.70. The lowest BCUT2D eigenvalue weighted by Crippen LogP contribution is -2.48. The van der Waals surface area contributed by atoms with E-state index in [1.807, 2.05) is 31.2 Å². The minimum atomic E-state index is -0.798. The lowest BCUT2D eigenvalue weighted by molar-refractivity contribution is -0.0261. The van der Waals surface area contributed by atoms with Gasteiger partial charge in [0.2, 0.25) is 0 Å². The number of aliphatic hydroxyl groups is 1. The van der Waals surface area contributed by atoms with Crippen LogP contribution in [0.25, 0.3) is 0 Å². The van der Waals surface area contributed by atoms with Crippen LogP contribution in [0.15, 0.2) is 42.6 Å². The van der Waals surface area contributed by atoms with E-state index in [2.05, 4.69) is 10.6 Å². The van der Waals surface area contributed by atoms with Crippen LogP contribution in [0.2, 0.25) is 0 Å². The summed E-state index contributed by atoms with van der Waals surface area (Å²) >= 11 is 0. The second-order valence-electron chi connectivity index (χ2n) is 7.70. The van der Waals surface area contributed by atoms with Gasteiger partial charge in [-0.3, -0.25) is 4.79 Å². The number of aliphatic hydroxyl groups excluding tert-OH is 1. The SMILES string of the molecule is Cc1c(Cc2ccc(N/C=C\C=N)cc2)cc(C(=O)N[C@H]2CCOC[C@@H]2O)c(F)c1C. The van der Waals surface area contributed by atoms with Gasteiger partial charge in [-0.05, 0) is 73.2 Å². The number of halogens is 1. The average molecular weight is 426 g/mol. The topological polar surface area (TPSA) is 94.4 Å². The molecular formula is C24H28FN3O3. The van der Waals surface area contributed by atoms with Crippen LogP contribution in [-0.2, 0) is 11.2 Å². The van der Waals surface area contributed by atoms with Crippen molar-refractivity contribution in [3.8, 4) is 0 Å². The number of allylic oxidation sites excluding steroid dienone is 1. The molecule has 0 bridgehead atoms. The van der Waals surface area contributed by atoms with Crippen LogP contribution >= 0.6 is 0 Å². The van der Waals surface area contributed by atoms with Gasteiger partial charge in [-0.1, -0.05) is 12.1 Å². The molecule has 0 saturated carbocycles. The van der Waals surface area contributed by atoms with Crippen LogP contribution in [0.3, 0.4) is 0 Å². The molecule has 3 rings (SSSR count). The highest BCUT2D eigenvalue weighted by Gasteiger charge is 2.27. The molecule has 0 radical (unpaired) electrons. The van der Waals surface area contributed by atoms with Gasteiger partial charge in [0, 0.05) is 24.7 Å². The van der Waals surface area contributed by atoms with Crippen molar-refractivity contribution in [3.05, 3.63) is 76.2 Å². The maximum atomic E-state index is 14.9. The number of carbonyl (C=O) groups excluding carboxylic acids is 1. The van der Waals surface area contributed by atoms with E-state index in [1.54, 1.807) is 25.3 Å². The highest BCUT2D eigenvalue weighted by Crippen LogP contribution is 2.24. The zero-order valence-electron chi connectivity index (χ0n) is 17.7. The molecule has 2 atom stereocenters. The Bertz CT molecular complexity index is 973. The maximum Gasteiger partial charge on any atom is 0.254 e. The van der Waals surface area contributed by atoms with Crippen molar-refractivity contribution >= 4 is 17.8 Å². The molecule has 1 amide bonds. The van der Waals surface area contributed by atoms with Gasteiger partial charge in [0.15, 0.2) is 0 Å². The van der Waals surface area contributed by atoms with E-state index >= 15 is 0 Å². The Labute approximate surface area is 181 Å². The first-order valence-electron chi connectivity index (χ1n) is 10.3. The fourth-order valence-corrected chi connectivity index (χ4v) is 3.57. The molecule has 164 valence electrons. The molecule has 1 fully saturated rings. The van der Waals surface area contributed by atoms with Crippen LogP contribution in [0.5, 0.6) is 0 Å². The van der Waals surface area contributed by atoms with Crippen molar-refractivity contribution in [1.29, 1.82) is 5.41 Å². The second-order valence-corrected chi connectivity index (χ2v) is 7.70. The van der Waals surface area contributed by atoms with Crippen LogP contribution in [0.1, 0.15) is 39.0 Å². The van der Waals surface area contributed by atoms with Crippen LogP contribution in [-0.4, -0.2) is 42.6 Å². The van der Waals surface area contributed by atoms with E-state index in [-0.39, 0.29) is 12.2 Å². The molecule has 1 aliphatic heterocycles. The second kappa shape index (κ2) is 10.3. The Balaban J connectivity index is 1.79. The van der Waals surface area contributed by atoms with Crippen LogP contribution in [0.4, 0.5) is 10.1 Å². The number of amides is 1. The number of benzene rings is 2. The Kier molecular flexibility index (Phi) is 7.55. The van der Waals surface area contributed by atoms with Gasteiger partial charge in [0.1, 0.15) is 5.82 Å². The first kappa shape index (κ1) is 22.7. The lowest BCUT2D eigenvalue weighted by atomic mass is 9.93. The minimum absolute atomic E-state index is 0.00754. The van der Waals surface area contributed by atoms with E-state index in [4.69, 9.17) is 10.1 Å². The summed E-state index contributed by atoms with van der Waals surface area (Å²) in [7, 11) is 0. The molecule has 0 unspecified atom stereocenters. The average Bonchev–Trinajstić information content (AvgIpc) is 2.77. The predicted octanol–water partition coefficient (Wildman–Crippen LogP) is 3.49. The highest BCUT2D eigenvalue weighted by atomic mass is 19.1. The van der Waals surface area contributed by atoms with Crippen LogP contribution < -0.4 is 10.6 Å². The van der Waals surface area contributed by atoms with Gasteiger partial charge in [0.05, 0.1) is 24.3 Å². The molecule has 1 heterocycles. The summed E-state index contributed by atoms with van der Waals surface area (Å²) in [5.74, 6) is -1.05. The molecule has 7 heteroatoms. The van der Waals surface area contributed by atoms with Gasteiger partial charge < -0.3 is 25.9 Å². The number of anilines is 1. The largest absolute Gasteiger partial charge is 0.389 e. The number of carbonyl (C=O) groups is 1. The third kappa shape index (κ3) is 5.57. The Hall–Kier alpha value is -3.03. The Morgan fingerprint density at radius 1 is 1.29 bits per heavy atom. The van der Waals surface area contributed by atoms with Crippen molar-refractivity contribution in [3.63, 3.8) is 0 Å². The molecule has 1 saturated heterocycles. The van der Waals surface area contributed by atoms with Gasteiger partial charge in [-0.25, -0.2) is 4.39 Å². The Morgan fingerprint density at radius 2 is 2.03 bits per heavy atom. The fraction of sp³-hybridized carbons (Fsp3) is 0.333. The fourth-order valence-electron chi connectivity index (χ4n) is 3.57. The molecular weight excluding hydrogens is 397 g/mol. The summed E-state index contributed by atoms with van der Waals surface area (Å²) in [4.78, 5) is 12.8. The first-order valence-corrected chi connectivity index (χ1v) is 10.3. The molecule has 2 aromatic carbocycles. The maximum absolute atomic E-state index is 14.9. The van der Waals surface area contributed by atoms with Gasteiger partial charge >= 0.3 is 0 Å². The zero-order valence-corrected chi connectivity index (χ0v) is 17.7. The van der Waals surface area contributed by atoms with Crippen molar-refractivity contribution < 1.29 is 19.0 Å². The minimum Gasteiger partial charge on any atom is -0.389 e. The van der Waals surface area contributed by atoms with Gasteiger partial charge in [-0.15, -0.1) is 0 Å². The van der Waals surface area contributed by atoms with Crippen molar-refractivity contribution in [1.82, 2.24) is 5.32 Å². The van der Waals surface area contributed by atoms with E-state index in [1.165, 1.54) is 6.21 Å². The van der Waals surface area contributed by atoms with Crippen molar-refractivity contribution in [2.75, 3.05) is 18.5 Å². The van der Waals surface area contributed by atoms with Gasteiger partial charge in [-0.2, -0.15) is 0 Å². The third-order valence-corrected chi connectivity index (χ3v) is 5.61. The number of ether oxygens (including phenoxy) is 1. The summed E-state index contributed by atoms with van der Waals surface area (Å²) in [5, 5.41) is 22.8. The lowest BCUT2D eigenvalue weighted by Gasteiger charge is -2.28. The van der Waals surface area contributed by atoms with Crippen LogP contribution in [0, 0.1) is 25.1 Å². The number of nitrogens with one attached hydrogen (secondary N) is 3. The molecule has 2 aromatic rings. The normalized spacial score (nSPS) is 18.7. The Morgan fingerprint density at radius 3 is 2.71 bits per heavy atom. The van der Waals surface area contributed by atoms with E-state index in [0.717, 1.165) is 22.4 Å². The highest BCUT2D eigenvalue weighted by molar-refractivity contribution is 5.95. The van der Waals surface area contributed by atoms with E-state index in [9.17, 15) is 14.3 Å². The molecule has 31 heavy (non-hydrogen) atoms. The quantitative estimate of drug-likeness (QED) is 0.511. The summed E-state index contributed by atoms with van der Waals surface area (Å²) < 4.78 is 20.1. The monoisotopic (exact) mass is 425 g/mol. The van der Waals surface area contributed by atoms with E-state index < -0.39 is 23.9 Å². The van der Waals surface area contributed by atoms with Crippen molar-refractivity contribution in [2.45, 2.75) is 38.8 Å². The standard InChI is InChI=1S/C24H28FN3O3/c1-15-16(2)23(25)20(24(30)28-21-8-11-31-14-22(21)29)13-18(15)12-17-4-6-19(7-5-17)27-10-3-9-26/h3-7,9-10,13,21-22,26-27,29H,8,11-12,14H2,1-2H3,(H,28,30)/b10-3-,26-9?/t21-,22-/m0/s1. The summed E-state index contributed by atoms with van der Waals surface area (Å²) in [6.45, 7) is 4.14. The number of hydrogen-bond donors (Lipinski definition) is 4. The summed E-state index contributed by atoms with van der Waals surface area (Å²) in [6, 6.07) is 8.95. The molecule has 0 aliphatic carbocycles.